The molecule has 174 valence electrons. The molecule has 0 aliphatic heterocycles. The summed E-state index contributed by atoms with van der Waals surface area (Å²) in [7, 11) is 0. The monoisotopic (exact) mass is 438 g/mol. The maximum atomic E-state index is 12.3. The van der Waals surface area contributed by atoms with E-state index in [1.807, 2.05) is 0 Å². The molecule has 5 nitrogen and oxygen atoms in total. The lowest BCUT2D eigenvalue weighted by atomic mass is 9.76. The fourth-order valence-electron chi connectivity index (χ4n) is 3.39. The fraction of sp³-hybridized carbons (Fsp3) is 0.481. The Balaban J connectivity index is 2.00. The smallest absolute Gasteiger partial charge is 0.248 e. The van der Waals surface area contributed by atoms with Crippen LogP contribution in [-0.2, 0) is 15.6 Å². The van der Waals surface area contributed by atoms with Crippen molar-refractivity contribution < 1.29 is 14.3 Å². The van der Waals surface area contributed by atoms with Gasteiger partial charge in [-0.05, 0) is 59.9 Å². The van der Waals surface area contributed by atoms with Crippen molar-refractivity contribution in [3.05, 3.63) is 59.2 Å². The number of amides is 2. The van der Waals surface area contributed by atoms with Gasteiger partial charge in [0.2, 0.25) is 11.8 Å². The van der Waals surface area contributed by atoms with Crippen molar-refractivity contribution in [1.82, 2.24) is 0 Å². The van der Waals surface area contributed by atoms with Gasteiger partial charge < -0.3 is 15.8 Å². The summed E-state index contributed by atoms with van der Waals surface area (Å²) in [5, 5.41) is 2.81. The van der Waals surface area contributed by atoms with Gasteiger partial charge in [0.05, 0.1) is 6.61 Å². The number of anilines is 1. The molecule has 2 aromatic rings. The SMILES string of the molecule is CCC(C)(C)c1ccc(OCCCC(=O)Nc2cccc(C(N)=O)c2)c(C(C)(C)CC)c1. The summed E-state index contributed by atoms with van der Waals surface area (Å²) in [6.45, 7) is 13.9. The Labute approximate surface area is 192 Å². The second kappa shape index (κ2) is 10.7. The zero-order chi connectivity index (χ0) is 23.9. The number of hydrogen-bond acceptors (Lipinski definition) is 3. The number of rotatable bonds is 11. The molecule has 0 saturated heterocycles. The predicted molar refractivity (Wildman–Crippen MR) is 131 cm³/mol. The maximum absolute atomic E-state index is 12.3. The minimum atomic E-state index is -0.520. The Morgan fingerprint density at radius 1 is 0.969 bits per heavy atom. The van der Waals surface area contributed by atoms with Gasteiger partial charge in [0.25, 0.3) is 0 Å². The number of carbonyl (C=O) groups is 2. The molecular weight excluding hydrogens is 400 g/mol. The largest absolute Gasteiger partial charge is 0.493 e. The normalized spacial score (nSPS) is 11.8. The summed E-state index contributed by atoms with van der Waals surface area (Å²) in [5.41, 5.74) is 8.87. The van der Waals surface area contributed by atoms with Crippen LogP contribution < -0.4 is 15.8 Å². The van der Waals surface area contributed by atoms with Gasteiger partial charge in [-0.3, -0.25) is 9.59 Å². The summed E-state index contributed by atoms with van der Waals surface area (Å²) in [6.07, 6.45) is 2.99. The summed E-state index contributed by atoms with van der Waals surface area (Å²) in [6, 6.07) is 13.2. The van der Waals surface area contributed by atoms with E-state index < -0.39 is 5.91 Å². The van der Waals surface area contributed by atoms with Gasteiger partial charge in [-0.1, -0.05) is 59.7 Å². The van der Waals surface area contributed by atoms with Crippen molar-refractivity contribution in [2.45, 2.75) is 78.1 Å². The first-order valence-corrected chi connectivity index (χ1v) is 11.5. The predicted octanol–water partition coefficient (Wildman–Crippen LogP) is 5.96. The summed E-state index contributed by atoms with van der Waals surface area (Å²) in [5.74, 6) is 0.250. The fourth-order valence-corrected chi connectivity index (χ4v) is 3.39. The second-order valence-electron chi connectivity index (χ2n) is 9.63. The molecule has 0 atom stereocenters. The van der Waals surface area contributed by atoms with E-state index in [0.29, 0.717) is 30.7 Å². The molecule has 0 unspecified atom stereocenters. The van der Waals surface area contributed by atoms with Crippen LogP contribution in [0.2, 0.25) is 0 Å². The summed E-state index contributed by atoms with van der Waals surface area (Å²) in [4.78, 5) is 23.6. The average Bonchev–Trinajstić information content (AvgIpc) is 2.76. The molecule has 0 spiro atoms. The van der Waals surface area contributed by atoms with Crippen LogP contribution in [0.1, 0.15) is 88.7 Å². The zero-order valence-electron chi connectivity index (χ0n) is 20.4. The third-order valence-corrected chi connectivity index (χ3v) is 6.49. The van der Waals surface area contributed by atoms with Crippen LogP contribution >= 0.6 is 0 Å². The molecule has 0 heterocycles. The minimum Gasteiger partial charge on any atom is -0.493 e. The highest BCUT2D eigenvalue weighted by atomic mass is 16.5. The first-order chi connectivity index (χ1) is 15.0. The van der Waals surface area contributed by atoms with Crippen LogP contribution in [0.25, 0.3) is 0 Å². The molecule has 0 fully saturated rings. The molecule has 5 heteroatoms. The van der Waals surface area contributed by atoms with Crippen LogP contribution in [0.3, 0.4) is 0 Å². The van der Waals surface area contributed by atoms with Gasteiger partial charge >= 0.3 is 0 Å². The Morgan fingerprint density at radius 3 is 2.28 bits per heavy atom. The number of nitrogens with one attached hydrogen (secondary N) is 1. The van der Waals surface area contributed by atoms with E-state index in [9.17, 15) is 9.59 Å². The van der Waals surface area contributed by atoms with Gasteiger partial charge in [-0.2, -0.15) is 0 Å². The lowest BCUT2D eigenvalue weighted by molar-refractivity contribution is -0.116. The van der Waals surface area contributed by atoms with Crippen LogP contribution in [-0.4, -0.2) is 18.4 Å². The summed E-state index contributed by atoms with van der Waals surface area (Å²) < 4.78 is 6.14. The van der Waals surface area contributed by atoms with Crippen molar-refractivity contribution in [2.75, 3.05) is 11.9 Å². The lowest BCUT2D eigenvalue weighted by Crippen LogP contribution is -2.21. The number of primary amides is 1. The van der Waals surface area contributed by atoms with Crippen molar-refractivity contribution in [3.63, 3.8) is 0 Å². The molecule has 0 saturated carbocycles. The molecule has 0 aliphatic rings. The highest BCUT2D eigenvalue weighted by Gasteiger charge is 2.26. The first kappa shape index (κ1) is 25.4. The van der Waals surface area contributed by atoms with Gasteiger partial charge in [0.15, 0.2) is 0 Å². The van der Waals surface area contributed by atoms with Crippen molar-refractivity contribution in [1.29, 1.82) is 0 Å². The number of carbonyl (C=O) groups excluding carboxylic acids is 2. The van der Waals surface area contributed by atoms with Crippen LogP contribution in [0.15, 0.2) is 42.5 Å². The van der Waals surface area contributed by atoms with E-state index in [-0.39, 0.29) is 16.7 Å². The highest BCUT2D eigenvalue weighted by molar-refractivity contribution is 5.96. The molecule has 0 radical (unpaired) electrons. The quantitative estimate of drug-likeness (QED) is 0.425. The van der Waals surface area contributed by atoms with Gasteiger partial charge in [-0.15, -0.1) is 0 Å². The highest BCUT2D eigenvalue weighted by Crippen LogP contribution is 2.38. The first-order valence-electron chi connectivity index (χ1n) is 11.5. The van der Waals surface area contributed by atoms with Crippen molar-refractivity contribution in [2.24, 2.45) is 5.73 Å². The Morgan fingerprint density at radius 2 is 1.66 bits per heavy atom. The Kier molecular flexibility index (Phi) is 8.48. The van der Waals surface area contributed by atoms with Crippen molar-refractivity contribution >= 4 is 17.5 Å². The van der Waals surface area contributed by atoms with Crippen LogP contribution in [0, 0.1) is 0 Å². The third-order valence-electron chi connectivity index (χ3n) is 6.49. The molecule has 0 aromatic heterocycles. The van der Waals surface area contributed by atoms with E-state index in [1.165, 1.54) is 11.1 Å². The number of benzene rings is 2. The van der Waals surface area contributed by atoms with Gasteiger partial charge in [0, 0.05) is 23.2 Å². The minimum absolute atomic E-state index is 0.00200. The number of hydrogen-bond donors (Lipinski definition) is 2. The summed E-state index contributed by atoms with van der Waals surface area (Å²) >= 11 is 0. The second-order valence-corrected chi connectivity index (χ2v) is 9.63. The molecule has 2 amide bonds. The van der Waals surface area contributed by atoms with E-state index >= 15 is 0 Å². The van der Waals surface area contributed by atoms with Crippen LogP contribution in [0.4, 0.5) is 5.69 Å². The van der Waals surface area contributed by atoms with Gasteiger partial charge in [0.1, 0.15) is 5.75 Å². The van der Waals surface area contributed by atoms with Crippen molar-refractivity contribution in [3.8, 4) is 5.75 Å². The molecule has 32 heavy (non-hydrogen) atoms. The molecule has 3 N–H and O–H groups in total. The van der Waals surface area contributed by atoms with Gasteiger partial charge in [-0.25, -0.2) is 0 Å². The van der Waals surface area contributed by atoms with E-state index in [1.54, 1.807) is 24.3 Å². The molecule has 0 aliphatic carbocycles. The number of nitrogens with two attached hydrogens (primary N) is 1. The zero-order valence-corrected chi connectivity index (χ0v) is 20.4. The topological polar surface area (TPSA) is 81.4 Å². The average molecular weight is 439 g/mol. The molecule has 0 bridgehead atoms. The Hall–Kier alpha value is -2.82. The Bertz CT molecular complexity index is 948. The maximum Gasteiger partial charge on any atom is 0.248 e. The molecule has 2 rings (SSSR count). The van der Waals surface area contributed by atoms with Crippen LogP contribution in [0.5, 0.6) is 5.75 Å². The third kappa shape index (κ3) is 6.59. The lowest BCUT2D eigenvalue weighted by Gasteiger charge is -2.30. The molecule has 2 aromatic carbocycles. The van der Waals surface area contributed by atoms with E-state index in [0.717, 1.165) is 18.6 Å². The number of ether oxygens (including phenoxy) is 1. The molecular formula is C27H38N2O3. The van der Waals surface area contributed by atoms with E-state index in [4.69, 9.17) is 10.5 Å². The van der Waals surface area contributed by atoms with E-state index in [2.05, 4.69) is 65.1 Å². The standard InChI is InChI=1S/C27H38N2O3/c1-7-26(3,4)20-14-15-23(22(18-20)27(5,6)8-2)32-16-10-13-24(30)29-21-12-9-11-19(17-21)25(28)31/h9,11-12,14-15,17-18H,7-8,10,13,16H2,1-6H3,(H2,28,31)(H,29,30).